The minimum absolute atomic E-state index is 0.263. The molecule has 0 fully saturated rings. The van der Waals surface area contributed by atoms with Gasteiger partial charge in [0.15, 0.2) is 0 Å². The second-order valence-corrected chi connectivity index (χ2v) is 4.89. The Morgan fingerprint density at radius 2 is 1.95 bits per heavy atom. The highest BCUT2D eigenvalue weighted by Crippen LogP contribution is 2.23. The van der Waals surface area contributed by atoms with Crippen molar-refractivity contribution in [2.75, 3.05) is 6.54 Å². The highest BCUT2D eigenvalue weighted by Gasteiger charge is 2.35. The van der Waals surface area contributed by atoms with Crippen molar-refractivity contribution in [2.24, 2.45) is 0 Å². The number of rotatable bonds is 3. The summed E-state index contributed by atoms with van der Waals surface area (Å²) in [6.45, 7) is 1.89. The van der Waals surface area contributed by atoms with E-state index < -0.39 is 24.7 Å². The average Bonchev–Trinajstić information content (AvgIpc) is 2.77. The fourth-order valence-corrected chi connectivity index (χ4v) is 2.09. The number of aromatic amines is 1. The summed E-state index contributed by atoms with van der Waals surface area (Å²) in [5.74, 6) is -0.616. The Kier molecular flexibility index (Phi) is 3.74. The lowest BCUT2D eigenvalue weighted by Gasteiger charge is -2.27. The molecule has 0 aliphatic heterocycles. The topological polar surface area (TPSA) is 36.1 Å². The number of nitrogens with zero attached hydrogens (tertiary/aromatic N) is 1. The predicted molar refractivity (Wildman–Crippen MR) is 70.5 cm³/mol. The van der Waals surface area contributed by atoms with Crippen molar-refractivity contribution < 1.29 is 18.0 Å². The zero-order chi connectivity index (χ0) is 14.9. The molecule has 1 amide bonds. The molecule has 108 valence electrons. The number of fused-ring (bicyclic) bond motifs is 1. The Labute approximate surface area is 114 Å². The highest BCUT2D eigenvalue weighted by molar-refractivity contribution is 6.06. The van der Waals surface area contributed by atoms with Crippen molar-refractivity contribution >= 4 is 16.8 Å². The second kappa shape index (κ2) is 5.19. The third kappa shape index (κ3) is 2.95. The second-order valence-electron chi connectivity index (χ2n) is 4.89. The number of carbonyl (C=O) groups is 1. The molecule has 1 aromatic carbocycles. The van der Waals surface area contributed by atoms with Crippen LogP contribution in [0.3, 0.4) is 0 Å². The molecule has 0 bridgehead atoms. The summed E-state index contributed by atoms with van der Waals surface area (Å²) in [5, 5.41) is 0.630. The maximum atomic E-state index is 12.6. The van der Waals surface area contributed by atoms with E-state index >= 15 is 0 Å². The van der Waals surface area contributed by atoms with Gasteiger partial charge in [0.05, 0.1) is 5.56 Å². The minimum atomic E-state index is -4.41. The highest BCUT2D eigenvalue weighted by atomic mass is 19.4. The normalized spacial score (nSPS) is 12.1. The Morgan fingerprint density at radius 3 is 2.55 bits per heavy atom. The van der Waals surface area contributed by atoms with Crippen molar-refractivity contribution in [1.82, 2.24) is 9.88 Å². The van der Waals surface area contributed by atoms with E-state index in [0.29, 0.717) is 5.39 Å². The first kappa shape index (κ1) is 14.4. The zero-order valence-corrected chi connectivity index (χ0v) is 11.2. The fraction of sp³-hybridized carbons (Fsp3) is 0.357. The van der Waals surface area contributed by atoms with Gasteiger partial charge in [0.25, 0.3) is 5.91 Å². The molecule has 1 aromatic heterocycles. The lowest BCUT2D eigenvalue weighted by atomic mass is 10.1. The molecule has 0 saturated heterocycles. The van der Waals surface area contributed by atoms with Gasteiger partial charge in [-0.25, -0.2) is 0 Å². The lowest BCUT2D eigenvalue weighted by Crippen LogP contribution is -2.43. The van der Waals surface area contributed by atoms with Gasteiger partial charge < -0.3 is 9.88 Å². The molecule has 20 heavy (non-hydrogen) atoms. The number of alkyl halides is 3. The summed E-state index contributed by atoms with van der Waals surface area (Å²) < 4.78 is 37.7. The van der Waals surface area contributed by atoms with Crippen molar-refractivity contribution in [2.45, 2.75) is 26.1 Å². The van der Waals surface area contributed by atoms with E-state index in [0.717, 1.165) is 10.4 Å². The summed E-state index contributed by atoms with van der Waals surface area (Å²) in [7, 11) is 0. The van der Waals surface area contributed by atoms with Gasteiger partial charge in [0, 0.05) is 23.1 Å². The van der Waals surface area contributed by atoms with Gasteiger partial charge in [-0.05, 0) is 19.9 Å². The number of H-pyrrole nitrogens is 1. The quantitative estimate of drug-likeness (QED) is 0.918. The summed E-state index contributed by atoms with van der Waals surface area (Å²) >= 11 is 0. The molecule has 0 spiro atoms. The Morgan fingerprint density at radius 1 is 1.30 bits per heavy atom. The first-order valence-corrected chi connectivity index (χ1v) is 6.23. The molecule has 0 radical (unpaired) electrons. The molecule has 2 aromatic rings. The molecule has 0 saturated carbocycles. The molecule has 0 atom stereocenters. The molecule has 2 rings (SSSR count). The smallest absolute Gasteiger partial charge is 0.360 e. The van der Waals surface area contributed by atoms with Crippen LogP contribution in [0.25, 0.3) is 10.9 Å². The van der Waals surface area contributed by atoms with E-state index in [1.165, 1.54) is 6.20 Å². The monoisotopic (exact) mass is 284 g/mol. The fourth-order valence-electron chi connectivity index (χ4n) is 2.09. The number of halogens is 3. The average molecular weight is 284 g/mol. The molecule has 6 heteroatoms. The summed E-state index contributed by atoms with van der Waals surface area (Å²) in [4.78, 5) is 16.1. The Bertz CT molecular complexity index is 616. The first-order valence-electron chi connectivity index (χ1n) is 6.23. The summed E-state index contributed by atoms with van der Waals surface area (Å²) in [6, 6.07) is 6.50. The van der Waals surface area contributed by atoms with E-state index in [4.69, 9.17) is 0 Å². The lowest BCUT2D eigenvalue weighted by molar-refractivity contribution is -0.143. The van der Waals surface area contributed by atoms with E-state index in [1.807, 2.05) is 0 Å². The van der Waals surface area contributed by atoms with Crippen molar-refractivity contribution in [1.29, 1.82) is 0 Å². The molecule has 1 N–H and O–H groups in total. The van der Waals surface area contributed by atoms with Gasteiger partial charge in [-0.15, -0.1) is 0 Å². The molecular formula is C14H15F3N2O. The number of nitrogens with one attached hydrogen (secondary N) is 1. The van der Waals surface area contributed by atoms with Crippen LogP contribution >= 0.6 is 0 Å². The van der Waals surface area contributed by atoms with Crippen molar-refractivity contribution in [3.8, 4) is 0 Å². The van der Waals surface area contributed by atoms with Crippen molar-refractivity contribution in [3.05, 3.63) is 36.0 Å². The maximum absolute atomic E-state index is 12.6. The zero-order valence-electron chi connectivity index (χ0n) is 11.2. The largest absolute Gasteiger partial charge is 0.406 e. The predicted octanol–water partition coefficient (Wildman–Crippen LogP) is 3.58. The Hall–Kier alpha value is -1.98. The standard InChI is InChI=1S/C14H15F3N2O/c1-9(2)19(8-14(15,16)17)13(20)11-7-18-12-6-4-3-5-10(11)12/h3-7,9,18H,8H2,1-2H3. The number of para-hydroxylation sites is 1. The molecule has 0 unspecified atom stereocenters. The number of benzene rings is 1. The van der Waals surface area contributed by atoms with Crippen LogP contribution in [0.15, 0.2) is 30.5 Å². The molecule has 0 aliphatic carbocycles. The van der Waals surface area contributed by atoms with Gasteiger partial charge in [0.2, 0.25) is 0 Å². The van der Waals surface area contributed by atoms with Crippen molar-refractivity contribution in [3.63, 3.8) is 0 Å². The van der Waals surface area contributed by atoms with Crippen LogP contribution in [-0.4, -0.2) is 34.6 Å². The molecular weight excluding hydrogens is 269 g/mol. The Balaban J connectivity index is 2.37. The van der Waals surface area contributed by atoms with Gasteiger partial charge in [-0.2, -0.15) is 13.2 Å². The van der Waals surface area contributed by atoms with Crippen LogP contribution in [0.5, 0.6) is 0 Å². The number of aromatic nitrogens is 1. The SMILES string of the molecule is CC(C)N(CC(F)(F)F)C(=O)c1c[nH]c2ccccc12. The number of carbonyl (C=O) groups excluding carboxylic acids is 1. The summed E-state index contributed by atoms with van der Waals surface area (Å²) in [6.07, 6.45) is -2.95. The van der Waals surface area contributed by atoms with Crippen LogP contribution in [0.4, 0.5) is 13.2 Å². The number of hydrogen-bond donors (Lipinski definition) is 1. The summed E-state index contributed by atoms with van der Waals surface area (Å²) in [5.41, 5.74) is 0.991. The van der Waals surface area contributed by atoms with E-state index in [-0.39, 0.29) is 5.56 Å². The molecule has 0 aliphatic rings. The van der Waals surface area contributed by atoms with Crippen LogP contribution < -0.4 is 0 Å². The van der Waals surface area contributed by atoms with Gasteiger partial charge in [-0.3, -0.25) is 4.79 Å². The molecule has 1 heterocycles. The van der Waals surface area contributed by atoms with Gasteiger partial charge in [-0.1, -0.05) is 18.2 Å². The number of hydrogen-bond acceptors (Lipinski definition) is 1. The van der Waals surface area contributed by atoms with Gasteiger partial charge in [0.1, 0.15) is 6.54 Å². The third-order valence-electron chi connectivity index (χ3n) is 3.05. The number of amides is 1. The first-order chi connectivity index (χ1) is 9.29. The maximum Gasteiger partial charge on any atom is 0.406 e. The van der Waals surface area contributed by atoms with Crippen LogP contribution in [0.1, 0.15) is 24.2 Å². The van der Waals surface area contributed by atoms with E-state index in [9.17, 15) is 18.0 Å². The van der Waals surface area contributed by atoms with E-state index in [1.54, 1.807) is 38.1 Å². The van der Waals surface area contributed by atoms with Gasteiger partial charge >= 0.3 is 6.18 Å². The van der Waals surface area contributed by atoms with Crippen LogP contribution in [-0.2, 0) is 0 Å². The molecule has 3 nitrogen and oxygen atoms in total. The van der Waals surface area contributed by atoms with E-state index in [2.05, 4.69) is 4.98 Å². The third-order valence-corrected chi connectivity index (χ3v) is 3.05. The minimum Gasteiger partial charge on any atom is -0.360 e. The van der Waals surface area contributed by atoms with Crippen LogP contribution in [0, 0.1) is 0 Å². The van der Waals surface area contributed by atoms with Crippen LogP contribution in [0.2, 0.25) is 0 Å².